The number of halogens is 1. The van der Waals surface area contributed by atoms with Crippen molar-refractivity contribution < 1.29 is 9.23 Å². The third kappa shape index (κ3) is 1.35. The highest BCUT2D eigenvalue weighted by atomic mass is 19.1. The minimum absolute atomic E-state index is 0.251. The summed E-state index contributed by atoms with van der Waals surface area (Å²) in [5, 5.41) is 0. The lowest BCUT2D eigenvalue weighted by Crippen LogP contribution is -2.02. The highest BCUT2D eigenvalue weighted by Gasteiger charge is 2.18. The first-order chi connectivity index (χ1) is 6.18. The van der Waals surface area contributed by atoms with E-state index in [0.717, 1.165) is 0 Å². The molecule has 0 saturated heterocycles. The molecule has 66 valence electrons. The second-order valence-corrected chi connectivity index (χ2v) is 2.45. The van der Waals surface area contributed by atoms with Crippen molar-refractivity contribution in [2.45, 2.75) is 0 Å². The molecule has 0 saturated carbocycles. The molecule has 0 N–H and O–H groups in total. The maximum absolute atomic E-state index is 12.4. The van der Waals surface area contributed by atoms with Gasteiger partial charge in [0.1, 0.15) is 5.82 Å². The first-order valence-corrected chi connectivity index (χ1v) is 3.50. The number of rotatable bonds is 2. The van der Waals surface area contributed by atoms with Crippen molar-refractivity contribution in [3.8, 4) is 5.75 Å². The Hall–Kier alpha value is -1.91. The van der Waals surface area contributed by atoms with Crippen LogP contribution in [0.3, 0.4) is 0 Å². The van der Waals surface area contributed by atoms with Crippen LogP contribution in [0.25, 0.3) is 0 Å². The summed E-state index contributed by atoms with van der Waals surface area (Å²) in [7, 11) is 0. The van der Waals surface area contributed by atoms with E-state index in [-0.39, 0.29) is 5.75 Å². The van der Waals surface area contributed by atoms with Crippen LogP contribution in [-0.2, 0) is 0 Å². The van der Waals surface area contributed by atoms with Gasteiger partial charge in [-0.15, -0.1) is 0 Å². The van der Waals surface area contributed by atoms with Crippen LogP contribution in [0.1, 0.15) is 0 Å². The Kier molecular flexibility index (Phi) is 1.51. The Morgan fingerprint density at radius 3 is 2.08 bits per heavy atom. The molecule has 1 heterocycles. The first kappa shape index (κ1) is 7.72. The molecule has 0 unspecified atom stereocenters. The van der Waals surface area contributed by atoms with Crippen LogP contribution in [-0.4, -0.2) is 4.73 Å². The van der Waals surface area contributed by atoms with Crippen molar-refractivity contribution >= 4 is 0 Å². The Bertz CT molecular complexity index is 468. The fourth-order valence-corrected chi connectivity index (χ4v) is 0.806. The third-order valence-electron chi connectivity index (χ3n) is 1.51. The molecular weight excluding hydrogens is 177 g/mol. The summed E-state index contributed by atoms with van der Waals surface area (Å²) in [4.78, 5) is 25.7. The normalized spacial score (nSPS) is 10.5. The second kappa shape index (κ2) is 2.55. The van der Waals surface area contributed by atoms with Crippen molar-refractivity contribution in [3.05, 3.63) is 50.8 Å². The van der Waals surface area contributed by atoms with Gasteiger partial charge >= 0.3 is 11.1 Å². The monoisotopic (exact) mass is 181 g/mol. The van der Waals surface area contributed by atoms with Crippen LogP contribution in [0.4, 0.5) is 4.39 Å². The first-order valence-electron chi connectivity index (χ1n) is 3.50. The molecule has 0 aliphatic heterocycles. The molecule has 5 heteroatoms. The zero-order chi connectivity index (χ0) is 9.42. The lowest BCUT2D eigenvalue weighted by Gasteiger charge is -1.97. The minimum Gasteiger partial charge on any atom is -0.368 e. The molecule has 1 aromatic carbocycles. The molecule has 0 bridgehead atoms. The molecule has 0 spiro atoms. The molecule has 0 fully saturated rings. The van der Waals surface area contributed by atoms with Gasteiger partial charge in [-0.25, -0.2) is 4.39 Å². The van der Waals surface area contributed by atoms with Gasteiger partial charge in [0.05, 0.1) is 0 Å². The van der Waals surface area contributed by atoms with Crippen LogP contribution in [0.15, 0.2) is 33.9 Å². The molecule has 4 nitrogen and oxygen atoms in total. The van der Waals surface area contributed by atoms with Gasteiger partial charge in [-0.05, 0) is 24.3 Å². The maximum atomic E-state index is 12.4. The van der Waals surface area contributed by atoms with Crippen LogP contribution < -0.4 is 16.0 Å². The number of benzene rings is 1. The number of hydrogen-bond donors (Lipinski definition) is 0. The summed E-state index contributed by atoms with van der Waals surface area (Å²) in [6.07, 6.45) is 0. The molecule has 0 aliphatic carbocycles. The zero-order valence-electron chi connectivity index (χ0n) is 6.36. The second-order valence-electron chi connectivity index (χ2n) is 2.45. The Labute approximate surface area is 71.4 Å². The zero-order valence-corrected chi connectivity index (χ0v) is 6.36. The van der Waals surface area contributed by atoms with Gasteiger partial charge < -0.3 is 4.84 Å². The van der Waals surface area contributed by atoms with Gasteiger partial charge in [0.2, 0.25) is 0 Å². The molecular formula is C8H4FNO3. The lowest BCUT2D eigenvalue weighted by atomic mass is 10.3. The predicted molar refractivity (Wildman–Crippen MR) is 41.8 cm³/mol. The van der Waals surface area contributed by atoms with E-state index in [2.05, 4.69) is 0 Å². The van der Waals surface area contributed by atoms with Gasteiger partial charge in [-0.2, -0.15) is 0 Å². The highest BCUT2D eigenvalue weighted by molar-refractivity contribution is 5.22. The molecule has 2 aromatic rings. The number of hydrogen-bond acceptors (Lipinski definition) is 3. The number of aromatic nitrogens is 1. The summed E-state index contributed by atoms with van der Waals surface area (Å²) in [6.45, 7) is 0. The topological polar surface area (TPSA) is 48.3 Å². The fourth-order valence-electron chi connectivity index (χ4n) is 0.806. The third-order valence-corrected chi connectivity index (χ3v) is 1.51. The van der Waals surface area contributed by atoms with Crippen LogP contribution >= 0.6 is 0 Å². The predicted octanol–water partition coefficient (Wildman–Crippen LogP) is 0.0653. The summed E-state index contributed by atoms with van der Waals surface area (Å²) >= 11 is 0. The Balaban J connectivity index is 2.20. The van der Waals surface area contributed by atoms with Gasteiger partial charge in [0, 0.05) is 0 Å². The number of nitrogens with zero attached hydrogens (tertiary/aromatic N) is 1. The molecule has 0 atom stereocenters. The van der Waals surface area contributed by atoms with E-state index in [9.17, 15) is 14.0 Å². The average Bonchev–Trinajstić information content (AvgIpc) is 2.67. The molecule has 0 amide bonds. The SMILES string of the molecule is O=c1c(=O)n1Oc1ccc(F)cc1. The highest BCUT2D eigenvalue weighted by Crippen LogP contribution is 2.10. The summed E-state index contributed by atoms with van der Waals surface area (Å²) in [5.74, 6) is -0.156. The van der Waals surface area contributed by atoms with Gasteiger partial charge in [-0.1, -0.05) is 4.73 Å². The van der Waals surface area contributed by atoms with E-state index in [4.69, 9.17) is 4.84 Å². The van der Waals surface area contributed by atoms with E-state index in [1.165, 1.54) is 24.3 Å². The van der Waals surface area contributed by atoms with Crippen molar-refractivity contribution in [2.24, 2.45) is 0 Å². The van der Waals surface area contributed by atoms with E-state index >= 15 is 0 Å². The lowest BCUT2D eigenvalue weighted by molar-refractivity contribution is 0.236. The smallest absolute Gasteiger partial charge is 0.356 e. The molecule has 0 radical (unpaired) electrons. The summed E-state index contributed by atoms with van der Waals surface area (Å²) in [5.41, 5.74) is -1.38. The van der Waals surface area contributed by atoms with Crippen LogP contribution in [0, 0.1) is 5.82 Å². The minimum atomic E-state index is -0.690. The van der Waals surface area contributed by atoms with E-state index < -0.39 is 16.9 Å². The fraction of sp³-hybridized carbons (Fsp3) is 0. The van der Waals surface area contributed by atoms with Crippen molar-refractivity contribution in [3.63, 3.8) is 0 Å². The average molecular weight is 181 g/mol. The van der Waals surface area contributed by atoms with E-state index in [0.29, 0.717) is 4.73 Å². The summed E-state index contributed by atoms with van der Waals surface area (Å²) in [6, 6.07) is 5.00. The standard InChI is InChI=1S/C8H4FNO3/c9-5-1-3-6(4-2-5)13-10-7(11)8(10)12/h1-4H. The molecule has 13 heavy (non-hydrogen) atoms. The molecule has 1 aromatic heterocycles. The molecule has 0 aliphatic rings. The van der Waals surface area contributed by atoms with Crippen LogP contribution in [0.2, 0.25) is 0 Å². The largest absolute Gasteiger partial charge is 0.368 e. The Morgan fingerprint density at radius 2 is 1.62 bits per heavy atom. The summed E-state index contributed by atoms with van der Waals surface area (Å²) < 4.78 is 13.0. The Morgan fingerprint density at radius 1 is 1.08 bits per heavy atom. The van der Waals surface area contributed by atoms with Crippen molar-refractivity contribution in [1.29, 1.82) is 0 Å². The quantitative estimate of drug-likeness (QED) is 0.616. The van der Waals surface area contributed by atoms with Gasteiger partial charge in [-0.3, -0.25) is 9.59 Å². The molecule has 2 rings (SSSR count). The van der Waals surface area contributed by atoms with Crippen molar-refractivity contribution in [1.82, 2.24) is 4.73 Å². The van der Waals surface area contributed by atoms with Crippen LogP contribution in [0.5, 0.6) is 5.75 Å². The van der Waals surface area contributed by atoms with Gasteiger partial charge in [0.25, 0.3) is 0 Å². The van der Waals surface area contributed by atoms with E-state index in [1.54, 1.807) is 0 Å². The van der Waals surface area contributed by atoms with Crippen molar-refractivity contribution in [2.75, 3.05) is 0 Å². The van der Waals surface area contributed by atoms with Gasteiger partial charge in [0.15, 0.2) is 5.75 Å². The van der Waals surface area contributed by atoms with E-state index in [1.807, 2.05) is 0 Å². The maximum Gasteiger partial charge on any atom is 0.356 e.